The van der Waals surface area contributed by atoms with E-state index in [1.54, 1.807) is 37.3 Å². The van der Waals surface area contributed by atoms with Crippen LogP contribution in [-0.4, -0.2) is 17.3 Å². The van der Waals surface area contributed by atoms with Crippen LogP contribution in [-0.2, 0) is 9.53 Å². The van der Waals surface area contributed by atoms with Crippen molar-refractivity contribution in [1.29, 1.82) is 0 Å². The number of carbonyl (C=O) groups excluding carboxylic acids is 1. The van der Waals surface area contributed by atoms with Gasteiger partial charge in [-0.2, -0.15) is 13.2 Å². The molecule has 6 heteroatoms. The lowest BCUT2D eigenvalue weighted by Crippen LogP contribution is -2.27. The van der Waals surface area contributed by atoms with Crippen molar-refractivity contribution in [2.24, 2.45) is 0 Å². The van der Waals surface area contributed by atoms with Crippen LogP contribution >= 0.6 is 0 Å². The fraction of sp³-hybridized carbons (Fsp3) is 0.267. The molecule has 0 heterocycles. The fourth-order valence-electron chi connectivity index (χ4n) is 2.18. The molecule has 1 atom stereocenters. The fourth-order valence-corrected chi connectivity index (χ4v) is 2.18. The van der Waals surface area contributed by atoms with Crippen LogP contribution in [0.4, 0.5) is 13.2 Å². The minimum atomic E-state index is -5.04. The monoisotopic (exact) mass is 298 g/mol. The van der Waals surface area contributed by atoms with Gasteiger partial charge in [-0.05, 0) is 17.9 Å². The largest absolute Gasteiger partial charge is 0.507 e. The summed E-state index contributed by atoms with van der Waals surface area (Å²) in [6, 6.07) is 9.68. The first-order chi connectivity index (χ1) is 9.84. The number of rotatable bonds is 3. The van der Waals surface area contributed by atoms with Gasteiger partial charge in [-0.1, -0.05) is 37.3 Å². The Balaban J connectivity index is 2.46. The number of hydrogen-bond acceptors (Lipinski definition) is 3. The average Bonchev–Trinajstić information content (AvgIpc) is 2.43. The van der Waals surface area contributed by atoms with E-state index in [0.717, 1.165) is 0 Å². The molecule has 3 nitrogen and oxygen atoms in total. The van der Waals surface area contributed by atoms with Crippen LogP contribution in [0, 0.1) is 0 Å². The second-order valence-corrected chi connectivity index (χ2v) is 4.52. The summed E-state index contributed by atoms with van der Waals surface area (Å²) in [5.74, 6) is -2.30. The zero-order valence-corrected chi connectivity index (χ0v) is 11.1. The minimum absolute atomic E-state index is 0.0652. The molecule has 1 N–H and O–H groups in total. The Hall–Kier alpha value is -2.24. The third-order valence-corrected chi connectivity index (χ3v) is 3.11. The van der Waals surface area contributed by atoms with E-state index in [1.165, 1.54) is 6.07 Å². The van der Waals surface area contributed by atoms with E-state index < -0.39 is 18.2 Å². The number of carbonyl (C=O) groups is 1. The molecule has 0 spiro atoms. The van der Waals surface area contributed by atoms with E-state index in [2.05, 4.69) is 4.74 Å². The van der Waals surface area contributed by atoms with E-state index >= 15 is 0 Å². The van der Waals surface area contributed by atoms with Crippen LogP contribution in [0.15, 0.2) is 36.4 Å². The van der Waals surface area contributed by atoms with Gasteiger partial charge in [-0.25, -0.2) is 4.79 Å². The van der Waals surface area contributed by atoms with Crippen molar-refractivity contribution >= 4 is 16.7 Å². The topological polar surface area (TPSA) is 46.5 Å². The third-order valence-electron chi connectivity index (χ3n) is 3.11. The highest BCUT2D eigenvalue weighted by Gasteiger charge is 2.42. The van der Waals surface area contributed by atoms with Crippen molar-refractivity contribution in [2.75, 3.05) is 0 Å². The number of esters is 1. The van der Waals surface area contributed by atoms with Gasteiger partial charge in [0.05, 0.1) is 0 Å². The molecule has 0 aliphatic rings. The molecule has 0 saturated carbocycles. The number of phenolic OH excluding ortho intramolecular Hbond substituents is 1. The van der Waals surface area contributed by atoms with Gasteiger partial charge in [-0.3, -0.25) is 0 Å². The van der Waals surface area contributed by atoms with Gasteiger partial charge in [0.1, 0.15) is 11.9 Å². The number of phenols is 1. The van der Waals surface area contributed by atoms with E-state index in [1.807, 2.05) is 0 Å². The molecule has 0 aliphatic heterocycles. The lowest BCUT2D eigenvalue weighted by molar-refractivity contribution is -0.205. The maximum Gasteiger partial charge on any atom is 0.490 e. The Bertz CT molecular complexity index is 660. The molecule has 0 aromatic heterocycles. The van der Waals surface area contributed by atoms with Crippen molar-refractivity contribution in [1.82, 2.24) is 0 Å². The van der Waals surface area contributed by atoms with Crippen LogP contribution in [0.3, 0.4) is 0 Å². The van der Waals surface area contributed by atoms with Crippen LogP contribution < -0.4 is 0 Å². The Morgan fingerprint density at radius 1 is 1.24 bits per heavy atom. The Morgan fingerprint density at radius 2 is 1.86 bits per heavy atom. The number of hydrogen-bond donors (Lipinski definition) is 1. The van der Waals surface area contributed by atoms with Gasteiger partial charge in [0.25, 0.3) is 0 Å². The quantitative estimate of drug-likeness (QED) is 0.868. The first kappa shape index (κ1) is 15.2. The van der Waals surface area contributed by atoms with Crippen molar-refractivity contribution in [3.05, 3.63) is 42.0 Å². The van der Waals surface area contributed by atoms with E-state index in [0.29, 0.717) is 16.3 Å². The summed E-state index contributed by atoms with van der Waals surface area (Å²) in [7, 11) is 0. The SMILES string of the molecule is CCC(OC(=O)C(F)(F)F)c1cccc2cccc(O)c12. The number of halogens is 3. The second-order valence-electron chi connectivity index (χ2n) is 4.52. The molecular weight excluding hydrogens is 285 g/mol. The normalized spacial score (nSPS) is 13.1. The number of ether oxygens (including phenoxy) is 1. The highest BCUT2D eigenvalue weighted by molar-refractivity contribution is 5.91. The smallest absolute Gasteiger partial charge is 0.490 e. The lowest BCUT2D eigenvalue weighted by Gasteiger charge is -2.19. The number of alkyl halides is 3. The highest BCUT2D eigenvalue weighted by Crippen LogP contribution is 2.35. The molecule has 2 rings (SSSR count). The molecule has 0 fully saturated rings. The summed E-state index contributed by atoms with van der Waals surface area (Å²) in [5.41, 5.74) is 0.353. The average molecular weight is 298 g/mol. The number of benzene rings is 2. The molecule has 0 bridgehead atoms. The summed E-state index contributed by atoms with van der Waals surface area (Å²) in [6.45, 7) is 1.60. The molecule has 0 aliphatic carbocycles. The molecule has 2 aromatic rings. The summed E-state index contributed by atoms with van der Waals surface area (Å²) in [6.07, 6.45) is -5.95. The predicted octanol–water partition coefficient (Wildman–Crippen LogP) is 4.10. The highest BCUT2D eigenvalue weighted by atomic mass is 19.4. The Labute approximate surface area is 119 Å². The van der Waals surface area contributed by atoms with Gasteiger partial charge in [0.15, 0.2) is 0 Å². The maximum absolute atomic E-state index is 12.3. The molecule has 0 amide bonds. The summed E-state index contributed by atoms with van der Waals surface area (Å²) in [5, 5.41) is 11.0. The molecule has 1 unspecified atom stereocenters. The lowest BCUT2D eigenvalue weighted by atomic mass is 9.98. The zero-order valence-electron chi connectivity index (χ0n) is 11.1. The van der Waals surface area contributed by atoms with Crippen molar-refractivity contribution in [3.8, 4) is 5.75 Å². The molecule has 21 heavy (non-hydrogen) atoms. The first-order valence-electron chi connectivity index (χ1n) is 6.33. The molecular formula is C15H13F3O3. The third kappa shape index (κ3) is 3.09. The van der Waals surface area contributed by atoms with Crippen molar-refractivity contribution in [2.45, 2.75) is 25.6 Å². The molecule has 2 aromatic carbocycles. The summed E-state index contributed by atoms with van der Waals surface area (Å²) in [4.78, 5) is 11.0. The van der Waals surface area contributed by atoms with Gasteiger partial charge >= 0.3 is 12.1 Å². The molecule has 112 valence electrons. The van der Waals surface area contributed by atoms with Crippen LogP contribution in [0.1, 0.15) is 25.0 Å². The van der Waals surface area contributed by atoms with E-state index in [-0.39, 0.29) is 12.2 Å². The maximum atomic E-state index is 12.3. The predicted molar refractivity (Wildman–Crippen MR) is 70.8 cm³/mol. The number of fused-ring (bicyclic) bond motifs is 1. The molecule has 0 radical (unpaired) electrons. The van der Waals surface area contributed by atoms with E-state index in [4.69, 9.17) is 0 Å². The minimum Gasteiger partial charge on any atom is -0.507 e. The van der Waals surface area contributed by atoms with Gasteiger partial charge in [-0.15, -0.1) is 0 Å². The standard InChI is InChI=1S/C15H13F3O3/c1-2-12(21-14(20)15(16,17)18)10-7-3-5-9-6-4-8-11(19)13(9)10/h3-8,12,19H,2H2,1H3. The Kier molecular flexibility index (Phi) is 4.06. The van der Waals surface area contributed by atoms with Crippen LogP contribution in [0.5, 0.6) is 5.75 Å². The van der Waals surface area contributed by atoms with Crippen molar-refractivity contribution < 1.29 is 27.8 Å². The van der Waals surface area contributed by atoms with Gasteiger partial charge in [0, 0.05) is 10.9 Å². The number of aromatic hydroxyl groups is 1. The second kappa shape index (κ2) is 5.63. The van der Waals surface area contributed by atoms with Crippen LogP contribution in [0.25, 0.3) is 10.8 Å². The summed E-state index contributed by atoms with van der Waals surface area (Å²) >= 11 is 0. The van der Waals surface area contributed by atoms with Crippen molar-refractivity contribution in [3.63, 3.8) is 0 Å². The first-order valence-corrected chi connectivity index (χ1v) is 6.33. The van der Waals surface area contributed by atoms with Gasteiger partial charge in [0.2, 0.25) is 0 Å². The van der Waals surface area contributed by atoms with Gasteiger partial charge < -0.3 is 9.84 Å². The zero-order chi connectivity index (χ0) is 15.6. The Morgan fingerprint density at radius 3 is 2.43 bits per heavy atom. The van der Waals surface area contributed by atoms with E-state index in [9.17, 15) is 23.1 Å². The molecule has 0 saturated heterocycles. The van der Waals surface area contributed by atoms with Crippen LogP contribution in [0.2, 0.25) is 0 Å². The summed E-state index contributed by atoms with van der Waals surface area (Å²) < 4.78 is 41.5.